The minimum Gasteiger partial charge on any atom is -0.406 e. The first-order valence-electron chi connectivity index (χ1n) is 11.5. The van der Waals surface area contributed by atoms with Gasteiger partial charge in [0.1, 0.15) is 5.75 Å². The molecule has 0 saturated heterocycles. The van der Waals surface area contributed by atoms with Crippen LogP contribution in [0.25, 0.3) is 0 Å². The van der Waals surface area contributed by atoms with E-state index in [4.69, 9.17) is 0 Å². The highest BCUT2D eigenvalue weighted by molar-refractivity contribution is 7.89. The van der Waals surface area contributed by atoms with Crippen molar-refractivity contribution in [2.75, 3.05) is 5.32 Å². The Balaban J connectivity index is 1.49. The van der Waals surface area contributed by atoms with Crippen LogP contribution in [-0.4, -0.2) is 26.0 Å². The minimum absolute atomic E-state index is 0.131. The number of rotatable bonds is 8. The summed E-state index contributed by atoms with van der Waals surface area (Å²) in [5.41, 5.74) is 4.07. The van der Waals surface area contributed by atoms with Crippen LogP contribution < -0.4 is 14.8 Å². The fourth-order valence-corrected chi connectivity index (χ4v) is 5.44. The van der Waals surface area contributed by atoms with Gasteiger partial charge in [-0.3, -0.25) is 0 Å². The van der Waals surface area contributed by atoms with Gasteiger partial charge in [-0.1, -0.05) is 37.3 Å². The second-order valence-electron chi connectivity index (χ2n) is 8.66. The molecule has 0 aliphatic heterocycles. The smallest absolute Gasteiger partial charge is 0.406 e. The van der Waals surface area contributed by atoms with Crippen LogP contribution in [0.1, 0.15) is 41.6 Å². The molecule has 36 heavy (non-hydrogen) atoms. The van der Waals surface area contributed by atoms with Crippen molar-refractivity contribution >= 4 is 15.7 Å². The summed E-state index contributed by atoms with van der Waals surface area (Å²) in [7, 11) is -3.87. The second kappa shape index (κ2) is 10.5. The predicted octanol–water partition coefficient (Wildman–Crippen LogP) is 5.09. The largest absolute Gasteiger partial charge is 0.573 e. The molecule has 192 valence electrons. The lowest BCUT2D eigenvalue weighted by Crippen LogP contribution is -2.39. The van der Waals surface area contributed by atoms with Crippen molar-refractivity contribution in [3.63, 3.8) is 0 Å². The Morgan fingerprint density at radius 2 is 1.67 bits per heavy atom. The van der Waals surface area contributed by atoms with Gasteiger partial charge in [0.25, 0.3) is 0 Å². The summed E-state index contributed by atoms with van der Waals surface area (Å²) < 4.78 is 69.7. The molecule has 0 heterocycles. The quantitative estimate of drug-likeness (QED) is 0.385. The fraction of sp³-hybridized carbons (Fsp3) is 0.308. The monoisotopic (exact) mass is 520 g/mol. The molecule has 0 fully saturated rings. The fourth-order valence-electron chi connectivity index (χ4n) is 4.19. The Morgan fingerprint density at radius 3 is 2.31 bits per heavy atom. The van der Waals surface area contributed by atoms with E-state index >= 15 is 0 Å². The van der Waals surface area contributed by atoms with Gasteiger partial charge in [0.05, 0.1) is 17.0 Å². The van der Waals surface area contributed by atoms with Gasteiger partial charge >= 0.3 is 6.36 Å². The van der Waals surface area contributed by atoms with Crippen LogP contribution in [-0.2, 0) is 29.4 Å². The van der Waals surface area contributed by atoms with Gasteiger partial charge in [-0.25, -0.2) is 13.1 Å². The number of aryl methyl sites for hydroxylation is 2. The van der Waals surface area contributed by atoms with Crippen LogP contribution in [0.2, 0.25) is 0 Å². The molecular weight excluding hydrogens is 493 g/mol. The van der Waals surface area contributed by atoms with Crippen LogP contribution in [0.4, 0.5) is 18.9 Å². The molecule has 6 nitrogen and oxygen atoms in total. The van der Waals surface area contributed by atoms with E-state index in [2.05, 4.69) is 14.8 Å². The van der Waals surface area contributed by atoms with Crippen molar-refractivity contribution in [1.82, 2.24) is 4.72 Å². The van der Waals surface area contributed by atoms with Gasteiger partial charge in [-0.2, -0.15) is 0 Å². The van der Waals surface area contributed by atoms with E-state index < -0.39 is 28.5 Å². The molecule has 0 aromatic heterocycles. The third-order valence-corrected chi connectivity index (χ3v) is 7.61. The molecule has 0 spiro atoms. The minimum atomic E-state index is -4.75. The third-order valence-electron chi connectivity index (χ3n) is 6.15. The highest BCUT2D eigenvalue weighted by atomic mass is 32.2. The molecule has 3 aromatic carbocycles. The number of hydrogen-bond acceptors (Lipinski definition) is 5. The Labute approximate surface area is 208 Å². The highest BCUT2D eigenvalue weighted by Crippen LogP contribution is 2.33. The third kappa shape index (κ3) is 6.37. The summed E-state index contributed by atoms with van der Waals surface area (Å²) >= 11 is 0. The number of nitrogens with one attached hydrogen (secondary N) is 2. The van der Waals surface area contributed by atoms with Crippen molar-refractivity contribution in [1.29, 1.82) is 0 Å². The van der Waals surface area contributed by atoms with Crippen molar-refractivity contribution in [2.45, 2.75) is 56.1 Å². The number of alkyl halides is 3. The molecule has 0 saturated carbocycles. The van der Waals surface area contributed by atoms with Gasteiger partial charge in [-0.05, 0) is 77.9 Å². The highest BCUT2D eigenvalue weighted by Gasteiger charge is 2.33. The van der Waals surface area contributed by atoms with Crippen LogP contribution in [0.5, 0.6) is 5.75 Å². The van der Waals surface area contributed by atoms with Crippen LogP contribution in [0.3, 0.4) is 0 Å². The first-order valence-corrected chi connectivity index (χ1v) is 13.0. The Morgan fingerprint density at radius 1 is 1.00 bits per heavy atom. The molecule has 2 atom stereocenters. The molecule has 0 unspecified atom stereocenters. The molecule has 0 amide bonds. The van der Waals surface area contributed by atoms with E-state index in [-0.39, 0.29) is 10.6 Å². The summed E-state index contributed by atoms with van der Waals surface area (Å²) in [6, 6.07) is 16.9. The number of hydrogen-bond donors (Lipinski definition) is 3. The average molecular weight is 521 g/mol. The predicted molar refractivity (Wildman–Crippen MR) is 130 cm³/mol. The van der Waals surface area contributed by atoms with Crippen LogP contribution in [0, 0.1) is 0 Å². The van der Waals surface area contributed by atoms with E-state index in [9.17, 15) is 26.7 Å². The SMILES string of the molecule is CCc1ccc(S(=O)(=O)N[C@@H]2c3cc(NCc4ccc(OC(F)(F)F)cc4)ccc3CC[C@H]2O)cc1. The van der Waals surface area contributed by atoms with Gasteiger partial charge in [0, 0.05) is 12.2 Å². The van der Waals surface area contributed by atoms with E-state index in [1.54, 1.807) is 30.3 Å². The number of fused-ring (bicyclic) bond motifs is 1. The summed E-state index contributed by atoms with van der Waals surface area (Å²) in [6.07, 6.45) is -3.80. The lowest BCUT2D eigenvalue weighted by Gasteiger charge is -2.31. The molecule has 10 heteroatoms. The molecule has 0 radical (unpaired) electrons. The Kier molecular flexibility index (Phi) is 7.58. The topological polar surface area (TPSA) is 87.7 Å². The van der Waals surface area contributed by atoms with E-state index in [0.717, 1.165) is 23.1 Å². The van der Waals surface area contributed by atoms with E-state index in [0.29, 0.717) is 30.6 Å². The maximum atomic E-state index is 13.0. The molecule has 1 aliphatic rings. The molecular formula is C26H27F3N2O4S. The zero-order valence-electron chi connectivity index (χ0n) is 19.5. The van der Waals surface area contributed by atoms with E-state index in [1.165, 1.54) is 24.3 Å². The van der Waals surface area contributed by atoms with Crippen molar-refractivity contribution in [3.8, 4) is 5.75 Å². The lowest BCUT2D eigenvalue weighted by atomic mass is 9.86. The first kappa shape index (κ1) is 26.0. The zero-order valence-corrected chi connectivity index (χ0v) is 20.4. The van der Waals surface area contributed by atoms with Crippen LogP contribution >= 0.6 is 0 Å². The van der Waals surface area contributed by atoms with Crippen molar-refractivity contribution < 1.29 is 31.4 Å². The number of benzene rings is 3. The number of aliphatic hydroxyl groups is 1. The molecule has 4 rings (SSSR count). The summed E-state index contributed by atoms with van der Waals surface area (Å²) in [4.78, 5) is 0.131. The molecule has 3 N–H and O–H groups in total. The normalized spacial score (nSPS) is 17.9. The Bertz CT molecular complexity index is 1290. The number of ether oxygens (including phenoxy) is 1. The standard InChI is InChI=1S/C26H27F3N2O4S/c1-2-17-5-12-22(13-6-17)36(33,34)31-25-23-15-20(9-7-19(23)8-14-24(25)32)30-16-18-3-10-21(11-4-18)35-26(27,28)29/h3-7,9-13,15,24-25,30-32H,2,8,14,16H2,1H3/t24-,25-/m1/s1. The van der Waals surface area contributed by atoms with Crippen molar-refractivity contribution in [2.24, 2.45) is 0 Å². The average Bonchev–Trinajstić information content (AvgIpc) is 2.84. The first-order chi connectivity index (χ1) is 17.0. The zero-order chi connectivity index (χ0) is 25.9. The second-order valence-corrected chi connectivity index (χ2v) is 10.4. The maximum absolute atomic E-state index is 13.0. The van der Waals surface area contributed by atoms with Gasteiger partial charge in [-0.15, -0.1) is 13.2 Å². The van der Waals surface area contributed by atoms with Crippen LogP contribution in [0.15, 0.2) is 71.6 Å². The van der Waals surface area contributed by atoms with Gasteiger partial charge in [0.2, 0.25) is 10.0 Å². The van der Waals surface area contributed by atoms with Gasteiger partial charge in [0.15, 0.2) is 0 Å². The summed E-state index contributed by atoms with van der Waals surface area (Å²) in [5, 5.41) is 13.9. The lowest BCUT2D eigenvalue weighted by molar-refractivity contribution is -0.274. The summed E-state index contributed by atoms with van der Waals surface area (Å²) in [5.74, 6) is -0.298. The molecule has 0 bridgehead atoms. The molecule has 3 aromatic rings. The Hall–Kier alpha value is -3.08. The number of sulfonamides is 1. The van der Waals surface area contributed by atoms with Gasteiger partial charge < -0.3 is 15.2 Å². The maximum Gasteiger partial charge on any atom is 0.573 e. The van der Waals surface area contributed by atoms with E-state index in [1.807, 2.05) is 19.1 Å². The number of halogens is 3. The molecule has 1 aliphatic carbocycles. The van der Waals surface area contributed by atoms with Crippen molar-refractivity contribution in [3.05, 3.63) is 89.0 Å². The number of aliphatic hydroxyl groups excluding tert-OH is 1. The number of anilines is 1. The summed E-state index contributed by atoms with van der Waals surface area (Å²) in [6.45, 7) is 2.31.